The quantitative estimate of drug-likeness (QED) is 0.579. The number of hydrogen-bond donors (Lipinski definition) is 0. The van der Waals surface area contributed by atoms with Gasteiger partial charge in [-0.15, -0.1) is 0 Å². The molecule has 1 aromatic carbocycles. The SMILES string of the molecule is C[C@@H]1CCC[N+]1(C=O)C(=O)CCC(=O)N(Cc1ccccc1)C(C)(C)C. The van der Waals surface area contributed by atoms with E-state index in [1.165, 1.54) is 0 Å². The van der Waals surface area contributed by atoms with E-state index in [1.54, 1.807) is 0 Å². The fraction of sp³-hybridized carbons (Fsp3) is 0.571. The van der Waals surface area contributed by atoms with Crippen LogP contribution in [0, 0.1) is 0 Å². The molecule has 0 bridgehead atoms. The number of imide groups is 1. The first kappa shape index (κ1) is 20.3. The van der Waals surface area contributed by atoms with Gasteiger partial charge in [-0.1, -0.05) is 30.3 Å². The summed E-state index contributed by atoms with van der Waals surface area (Å²) in [5.74, 6) is -0.183. The van der Waals surface area contributed by atoms with E-state index in [-0.39, 0.29) is 40.7 Å². The normalized spacial score (nSPS) is 22.8. The number of hydrogen-bond acceptors (Lipinski definition) is 3. The molecule has 5 nitrogen and oxygen atoms in total. The number of carbonyl (C=O) groups excluding carboxylic acids is 3. The number of quaternary nitrogens is 1. The molecule has 0 saturated carbocycles. The van der Waals surface area contributed by atoms with Crippen LogP contribution in [0.1, 0.15) is 58.9 Å². The van der Waals surface area contributed by atoms with Crippen molar-refractivity contribution in [1.29, 1.82) is 0 Å². The lowest BCUT2D eigenvalue weighted by molar-refractivity contribution is -0.780. The van der Waals surface area contributed by atoms with Crippen molar-refractivity contribution in [2.75, 3.05) is 6.54 Å². The van der Waals surface area contributed by atoms with E-state index in [2.05, 4.69) is 0 Å². The van der Waals surface area contributed by atoms with Gasteiger partial charge in [-0.3, -0.25) is 4.79 Å². The second-order valence-electron chi connectivity index (χ2n) is 8.28. The molecule has 1 aliphatic heterocycles. The Hall–Kier alpha value is -2.01. The Morgan fingerprint density at radius 1 is 1.19 bits per heavy atom. The van der Waals surface area contributed by atoms with Crippen molar-refractivity contribution >= 4 is 18.2 Å². The highest BCUT2D eigenvalue weighted by Gasteiger charge is 2.45. The van der Waals surface area contributed by atoms with Crippen LogP contribution in [0.3, 0.4) is 0 Å². The van der Waals surface area contributed by atoms with Crippen molar-refractivity contribution < 1.29 is 18.9 Å². The number of nitrogens with zero attached hydrogens (tertiary/aromatic N) is 2. The minimum absolute atomic E-state index is 0.0122. The summed E-state index contributed by atoms with van der Waals surface area (Å²) < 4.78 is -0.124. The molecule has 1 fully saturated rings. The summed E-state index contributed by atoms with van der Waals surface area (Å²) in [4.78, 5) is 39.0. The molecule has 1 unspecified atom stereocenters. The van der Waals surface area contributed by atoms with Crippen LogP contribution in [0.15, 0.2) is 30.3 Å². The standard InChI is InChI=1S/C21H31N2O3/c1-17-9-8-14-23(17,16-24)20(26)13-12-19(25)22(21(2,3)4)15-18-10-6-5-7-11-18/h5-7,10-11,16-17H,8-9,12-15H2,1-4H3/q+1/t17-,23?/m1/s1. The monoisotopic (exact) mass is 359 g/mol. The molecule has 5 heteroatoms. The van der Waals surface area contributed by atoms with Crippen molar-refractivity contribution in [3.8, 4) is 0 Å². The first-order chi connectivity index (χ1) is 12.2. The van der Waals surface area contributed by atoms with Gasteiger partial charge in [0.25, 0.3) is 0 Å². The summed E-state index contributed by atoms with van der Waals surface area (Å²) in [7, 11) is 0. The molecule has 2 atom stereocenters. The highest BCUT2D eigenvalue weighted by atomic mass is 16.2. The average molecular weight is 359 g/mol. The predicted octanol–water partition coefficient (Wildman–Crippen LogP) is 3.28. The first-order valence-corrected chi connectivity index (χ1v) is 9.42. The molecule has 26 heavy (non-hydrogen) atoms. The maximum atomic E-state index is 12.9. The zero-order valence-corrected chi connectivity index (χ0v) is 16.4. The van der Waals surface area contributed by atoms with E-state index in [1.807, 2.05) is 62.9 Å². The smallest absolute Gasteiger partial charge is 0.321 e. The Morgan fingerprint density at radius 3 is 2.35 bits per heavy atom. The van der Waals surface area contributed by atoms with Gasteiger partial charge in [-0.2, -0.15) is 4.48 Å². The highest BCUT2D eigenvalue weighted by Crippen LogP contribution is 2.27. The van der Waals surface area contributed by atoms with Crippen LogP contribution in [0.2, 0.25) is 0 Å². The molecule has 1 aliphatic rings. The Morgan fingerprint density at radius 2 is 1.85 bits per heavy atom. The molecule has 1 aromatic rings. The van der Waals surface area contributed by atoms with Gasteiger partial charge in [0.15, 0.2) is 0 Å². The summed E-state index contributed by atoms with van der Waals surface area (Å²) in [6, 6.07) is 9.86. The third-order valence-electron chi connectivity index (χ3n) is 5.44. The minimum atomic E-state index is -0.339. The molecular formula is C21H31N2O3+. The van der Waals surface area contributed by atoms with Gasteiger partial charge in [0.2, 0.25) is 5.91 Å². The largest absolute Gasteiger partial charge is 0.334 e. The number of likely N-dealkylation sites (tertiary alicyclic amines) is 1. The molecule has 1 heterocycles. The summed E-state index contributed by atoms with van der Waals surface area (Å²) in [5, 5.41) is 0. The van der Waals surface area contributed by atoms with Crippen LogP contribution in [-0.2, 0) is 20.9 Å². The number of rotatable bonds is 6. The molecule has 0 spiro atoms. The molecule has 142 valence electrons. The van der Waals surface area contributed by atoms with E-state index >= 15 is 0 Å². The molecule has 0 aliphatic carbocycles. The van der Waals surface area contributed by atoms with E-state index in [9.17, 15) is 14.4 Å². The topological polar surface area (TPSA) is 54.5 Å². The number of benzene rings is 1. The second kappa shape index (κ2) is 8.12. The van der Waals surface area contributed by atoms with E-state index in [0.717, 1.165) is 24.8 Å². The third-order valence-corrected chi connectivity index (χ3v) is 5.44. The second-order valence-corrected chi connectivity index (χ2v) is 8.28. The van der Waals surface area contributed by atoms with Crippen LogP contribution in [0.4, 0.5) is 0 Å². The van der Waals surface area contributed by atoms with Gasteiger partial charge < -0.3 is 4.90 Å². The summed E-state index contributed by atoms with van der Waals surface area (Å²) >= 11 is 0. The molecule has 2 rings (SSSR count). The molecule has 0 aromatic heterocycles. The van der Waals surface area contributed by atoms with Crippen LogP contribution in [0.25, 0.3) is 0 Å². The summed E-state index contributed by atoms with van der Waals surface area (Å²) in [6.45, 7) is 9.01. The maximum absolute atomic E-state index is 12.9. The predicted molar refractivity (Wildman–Crippen MR) is 101 cm³/mol. The number of amides is 3. The lowest BCUT2D eigenvalue weighted by atomic mass is 10.0. The van der Waals surface area contributed by atoms with Crippen LogP contribution in [0.5, 0.6) is 0 Å². The number of carbonyl (C=O) groups is 3. The summed E-state index contributed by atoms with van der Waals surface area (Å²) in [5.41, 5.74) is 0.722. The fourth-order valence-electron chi connectivity index (χ4n) is 3.71. The van der Waals surface area contributed by atoms with Crippen LogP contribution in [-0.4, -0.2) is 45.7 Å². The molecule has 3 amide bonds. The van der Waals surface area contributed by atoms with E-state index in [0.29, 0.717) is 13.1 Å². The first-order valence-electron chi connectivity index (χ1n) is 9.42. The fourth-order valence-corrected chi connectivity index (χ4v) is 3.71. The molecule has 0 radical (unpaired) electrons. The van der Waals surface area contributed by atoms with Crippen molar-refractivity contribution in [3.63, 3.8) is 0 Å². The molecule has 0 N–H and O–H groups in total. The Balaban J connectivity index is 2.05. The molecular weight excluding hydrogens is 328 g/mol. The Labute approximate surface area is 156 Å². The van der Waals surface area contributed by atoms with Gasteiger partial charge in [-0.05, 0) is 33.3 Å². The minimum Gasteiger partial charge on any atom is -0.334 e. The van der Waals surface area contributed by atoms with Gasteiger partial charge in [0.05, 0.1) is 13.0 Å². The van der Waals surface area contributed by atoms with Crippen molar-refractivity contribution in [2.45, 2.75) is 71.5 Å². The Bertz CT molecular complexity index is 651. The van der Waals surface area contributed by atoms with Gasteiger partial charge in [0, 0.05) is 31.3 Å². The lowest BCUT2D eigenvalue weighted by Gasteiger charge is -2.36. The van der Waals surface area contributed by atoms with Crippen molar-refractivity contribution in [1.82, 2.24) is 4.90 Å². The Kier molecular flexibility index (Phi) is 6.34. The zero-order chi connectivity index (χ0) is 19.4. The van der Waals surface area contributed by atoms with E-state index < -0.39 is 0 Å². The van der Waals surface area contributed by atoms with Gasteiger partial charge in [0.1, 0.15) is 6.04 Å². The third kappa shape index (κ3) is 4.39. The highest BCUT2D eigenvalue weighted by molar-refractivity contribution is 5.83. The summed E-state index contributed by atoms with van der Waals surface area (Å²) in [6.07, 6.45) is 2.78. The average Bonchev–Trinajstić information content (AvgIpc) is 2.99. The lowest BCUT2D eigenvalue weighted by Crippen LogP contribution is -2.54. The van der Waals surface area contributed by atoms with Crippen LogP contribution < -0.4 is 0 Å². The van der Waals surface area contributed by atoms with Gasteiger partial charge in [-0.25, -0.2) is 9.59 Å². The van der Waals surface area contributed by atoms with Crippen molar-refractivity contribution in [2.24, 2.45) is 0 Å². The van der Waals surface area contributed by atoms with E-state index in [4.69, 9.17) is 0 Å². The maximum Gasteiger partial charge on any atom is 0.321 e. The van der Waals surface area contributed by atoms with Gasteiger partial charge >= 0.3 is 12.3 Å². The van der Waals surface area contributed by atoms with Crippen molar-refractivity contribution in [3.05, 3.63) is 35.9 Å². The van der Waals surface area contributed by atoms with Crippen LogP contribution >= 0.6 is 0 Å². The molecule has 1 saturated heterocycles. The zero-order valence-electron chi connectivity index (χ0n) is 16.4.